The number of para-hydroxylation sites is 1. The van der Waals surface area contributed by atoms with Crippen molar-refractivity contribution in [3.8, 4) is 5.75 Å². The van der Waals surface area contributed by atoms with Crippen molar-refractivity contribution in [3.05, 3.63) is 125 Å². The summed E-state index contributed by atoms with van der Waals surface area (Å²) in [6.07, 6.45) is 1.33. The molecule has 4 aromatic rings. The molecular formula is C31H26N4O5. The molecule has 4 aromatic carbocycles. The summed E-state index contributed by atoms with van der Waals surface area (Å²) in [4.78, 5) is 49.7. The molecule has 40 heavy (non-hydrogen) atoms. The highest BCUT2D eigenvalue weighted by Crippen LogP contribution is 2.18. The third kappa shape index (κ3) is 7.48. The van der Waals surface area contributed by atoms with E-state index in [9.17, 15) is 19.2 Å². The largest absolute Gasteiger partial charge is 0.423 e. The average Bonchev–Trinajstić information content (AvgIpc) is 2.95. The zero-order valence-corrected chi connectivity index (χ0v) is 21.8. The van der Waals surface area contributed by atoms with Crippen LogP contribution >= 0.6 is 0 Å². The van der Waals surface area contributed by atoms with Gasteiger partial charge in [-0.15, -0.1) is 0 Å². The van der Waals surface area contributed by atoms with Crippen LogP contribution in [-0.2, 0) is 9.59 Å². The van der Waals surface area contributed by atoms with Crippen molar-refractivity contribution in [2.45, 2.75) is 13.8 Å². The number of aryl methyl sites for hydroxylation is 2. The normalized spacial score (nSPS) is 10.6. The van der Waals surface area contributed by atoms with Crippen LogP contribution in [0, 0.1) is 13.8 Å². The second-order valence-corrected chi connectivity index (χ2v) is 8.84. The molecule has 0 saturated heterocycles. The molecule has 9 heteroatoms. The Morgan fingerprint density at radius 3 is 2.00 bits per heavy atom. The zero-order chi connectivity index (χ0) is 28.5. The number of hydrogen-bond acceptors (Lipinski definition) is 6. The monoisotopic (exact) mass is 534 g/mol. The molecule has 0 saturated carbocycles. The van der Waals surface area contributed by atoms with Crippen molar-refractivity contribution in [1.29, 1.82) is 0 Å². The van der Waals surface area contributed by atoms with Gasteiger partial charge in [0.05, 0.1) is 23.0 Å². The van der Waals surface area contributed by atoms with E-state index in [4.69, 9.17) is 4.74 Å². The van der Waals surface area contributed by atoms with Gasteiger partial charge in [-0.05, 0) is 80.1 Å². The van der Waals surface area contributed by atoms with Crippen LogP contribution in [-0.4, -0.2) is 29.9 Å². The second-order valence-electron chi connectivity index (χ2n) is 8.84. The van der Waals surface area contributed by atoms with E-state index >= 15 is 0 Å². The molecule has 200 valence electrons. The van der Waals surface area contributed by atoms with Gasteiger partial charge in [0.1, 0.15) is 5.75 Å². The van der Waals surface area contributed by atoms with Crippen molar-refractivity contribution >= 4 is 41.3 Å². The van der Waals surface area contributed by atoms with E-state index in [1.165, 1.54) is 18.3 Å². The Morgan fingerprint density at radius 2 is 1.32 bits per heavy atom. The summed E-state index contributed by atoms with van der Waals surface area (Å²) in [6.45, 7) is 3.87. The zero-order valence-electron chi connectivity index (χ0n) is 21.8. The quantitative estimate of drug-likeness (QED) is 0.103. The summed E-state index contributed by atoms with van der Waals surface area (Å²) in [5.74, 6) is -2.59. The van der Waals surface area contributed by atoms with Gasteiger partial charge in [-0.3, -0.25) is 14.4 Å². The molecular weight excluding hydrogens is 508 g/mol. The number of rotatable bonds is 7. The SMILES string of the molecule is Cc1ccc(NC(=O)c2ccccc2NC(=O)C(=O)N/N=C\c2ccc(OC(=O)c3ccc(C)cc3)cc2)cc1. The van der Waals surface area contributed by atoms with Crippen molar-refractivity contribution in [1.82, 2.24) is 5.43 Å². The van der Waals surface area contributed by atoms with Gasteiger partial charge in [0.25, 0.3) is 5.91 Å². The van der Waals surface area contributed by atoms with Gasteiger partial charge >= 0.3 is 17.8 Å². The molecule has 0 heterocycles. The number of hydrazone groups is 1. The summed E-state index contributed by atoms with van der Waals surface area (Å²) < 4.78 is 5.36. The molecule has 0 aliphatic rings. The maximum absolute atomic E-state index is 12.8. The molecule has 4 rings (SSSR count). The molecule has 0 radical (unpaired) electrons. The van der Waals surface area contributed by atoms with Crippen LogP contribution in [0.3, 0.4) is 0 Å². The average molecular weight is 535 g/mol. The third-order valence-electron chi connectivity index (χ3n) is 5.69. The molecule has 0 unspecified atom stereocenters. The van der Waals surface area contributed by atoms with E-state index in [1.807, 2.05) is 38.1 Å². The van der Waals surface area contributed by atoms with Gasteiger partial charge in [0.15, 0.2) is 0 Å². The maximum Gasteiger partial charge on any atom is 0.343 e. The van der Waals surface area contributed by atoms with Crippen LogP contribution in [0.4, 0.5) is 11.4 Å². The lowest BCUT2D eigenvalue weighted by atomic mass is 10.1. The number of esters is 1. The number of anilines is 2. The van der Waals surface area contributed by atoms with E-state index in [-0.39, 0.29) is 11.3 Å². The first-order chi connectivity index (χ1) is 19.3. The van der Waals surface area contributed by atoms with Gasteiger partial charge in [-0.25, -0.2) is 10.2 Å². The van der Waals surface area contributed by atoms with Gasteiger partial charge in [0, 0.05) is 5.69 Å². The fraction of sp³-hybridized carbons (Fsp3) is 0.0645. The number of hydrogen-bond donors (Lipinski definition) is 3. The van der Waals surface area contributed by atoms with Crippen LogP contribution in [0.25, 0.3) is 0 Å². The summed E-state index contributed by atoms with van der Waals surface area (Å²) in [5, 5.41) is 9.00. The molecule has 0 aliphatic heterocycles. The predicted octanol–water partition coefficient (Wildman–Crippen LogP) is 4.86. The minimum atomic E-state index is -1.02. The molecule has 0 atom stereocenters. The topological polar surface area (TPSA) is 126 Å². The highest BCUT2D eigenvalue weighted by Gasteiger charge is 2.18. The lowest BCUT2D eigenvalue weighted by Crippen LogP contribution is -2.33. The van der Waals surface area contributed by atoms with Crippen molar-refractivity contribution in [2.75, 3.05) is 10.6 Å². The van der Waals surface area contributed by atoms with E-state index in [2.05, 4.69) is 21.2 Å². The van der Waals surface area contributed by atoms with Crippen LogP contribution in [0.15, 0.2) is 102 Å². The van der Waals surface area contributed by atoms with Gasteiger partial charge < -0.3 is 15.4 Å². The molecule has 9 nitrogen and oxygen atoms in total. The van der Waals surface area contributed by atoms with Crippen molar-refractivity contribution in [2.24, 2.45) is 5.10 Å². The minimum absolute atomic E-state index is 0.173. The Bertz CT molecular complexity index is 1560. The van der Waals surface area contributed by atoms with Gasteiger partial charge in [0.2, 0.25) is 0 Å². The first-order valence-electron chi connectivity index (χ1n) is 12.3. The number of carbonyl (C=O) groups excluding carboxylic acids is 4. The van der Waals surface area contributed by atoms with Gasteiger partial charge in [-0.2, -0.15) is 5.10 Å². The summed E-state index contributed by atoms with van der Waals surface area (Å²) >= 11 is 0. The Kier molecular flexibility index (Phi) is 8.78. The second kappa shape index (κ2) is 12.8. The van der Waals surface area contributed by atoms with Gasteiger partial charge in [-0.1, -0.05) is 47.5 Å². The molecule has 0 aromatic heterocycles. The number of ether oxygens (including phenoxy) is 1. The molecule has 3 amide bonds. The Balaban J connectivity index is 1.30. The van der Waals surface area contributed by atoms with Crippen LogP contribution in [0.2, 0.25) is 0 Å². The Labute approximate surface area is 230 Å². The lowest BCUT2D eigenvalue weighted by molar-refractivity contribution is -0.136. The fourth-order valence-electron chi connectivity index (χ4n) is 3.50. The van der Waals surface area contributed by atoms with Crippen LogP contribution < -0.4 is 20.8 Å². The van der Waals surface area contributed by atoms with E-state index < -0.39 is 23.7 Å². The van der Waals surface area contributed by atoms with E-state index in [0.717, 1.165) is 11.1 Å². The molecule has 0 fully saturated rings. The Hall–Kier alpha value is -5.57. The first kappa shape index (κ1) is 27.5. The third-order valence-corrected chi connectivity index (χ3v) is 5.69. The number of benzene rings is 4. The standard InChI is InChI=1S/C31H26N4O5/c1-20-7-13-23(14-8-20)31(39)40-25-17-11-22(12-18-25)19-32-35-30(38)29(37)34-27-6-4-3-5-26(27)28(36)33-24-15-9-21(2)10-16-24/h3-19H,1-2H3,(H,33,36)(H,34,37)(H,35,38)/b32-19-. The van der Waals surface area contributed by atoms with Crippen LogP contribution in [0.1, 0.15) is 37.4 Å². The number of carbonyl (C=O) groups is 4. The lowest BCUT2D eigenvalue weighted by Gasteiger charge is -2.11. The van der Waals surface area contributed by atoms with Crippen molar-refractivity contribution in [3.63, 3.8) is 0 Å². The van der Waals surface area contributed by atoms with E-state index in [1.54, 1.807) is 60.7 Å². The molecule has 0 aliphatic carbocycles. The van der Waals surface area contributed by atoms with Crippen molar-refractivity contribution < 1.29 is 23.9 Å². The number of nitrogens with one attached hydrogen (secondary N) is 3. The summed E-state index contributed by atoms with van der Waals surface area (Å²) in [7, 11) is 0. The van der Waals surface area contributed by atoms with E-state index in [0.29, 0.717) is 22.6 Å². The number of nitrogens with zero attached hydrogens (tertiary/aromatic N) is 1. The maximum atomic E-state index is 12.8. The molecule has 3 N–H and O–H groups in total. The first-order valence-corrected chi connectivity index (χ1v) is 12.3. The summed E-state index contributed by atoms with van der Waals surface area (Å²) in [6, 6.07) is 27.1. The highest BCUT2D eigenvalue weighted by molar-refractivity contribution is 6.40. The number of amides is 3. The Morgan fingerprint density at radius 1 is 0.700 bits per heavy atom. The molecule has 0 spiro atoms. The summed E-state index contributed by atoms with van der Waals surface area (Å²) in [5.41, 5.74) is 6.23. The predicted molar refractivity (Wildman–Crippen MR) is 153 cm³/mol. The fourth-order valence-corrected chi connectivity index (χ4v) is 3.50. The molecule has 0 bridgehead atoms. The smallest absolute Gasteiger partial charge is 0.343 e. The minimum Gasteiger partial charge on any atom is -0.423 e. The van der Waals surface area contributed by atoms with Crippen LogP contribution in [0.5, 0.6) is 5.75 Å². The highest BCUT2D eigenvalue weighted by atomic mass is 16.5.